The maximum absolute atomic E-state index is 12.2. The van der Waals surface area contributed by atoms with Crippen LogP contribution in [0.25, 0.3) is 0 Å². The Balaban J connectivity index is 2.02. The molecule has 0 bridgehead atoms. The summed E-state index contributed by atoms with van der Waals surface area (Å²) >= 11 is 0. The van der Waals surface area contributed by atoms with Gasteiger partial charge >= 0.3 is 0 Å². The van der Waals surface area contributed by atoms with E-state index in [9.17, 15) is 4.79 Å². The van der Waals surface area contributed by atoms with E-state index in [1.54, 1.807) is 0 Å². The molecular formula is C14H27N3O. The van der Waals surface area contributed by atoms with Crippen LogP contribution in [0.2, 0.25) is 0 Å². The lowest BCUT2D eigenvalue weighted by Crippen LogP contribution is -2.50. The lowest BCUT2D eigenvalue weighted by Gasteiger charge is -2.37. The number of carbonyl (C=O) groups is 1. The van der Waals surface area contributed by atoms with Crippen LogP contribution in [0, 0.1) is 0 Å². The van der Waals surface area contributed by atoms with Crippen molar-refractivity contribution in [1.29, 1.82) is 0 Å². The molecule has 2 N–H and O–H groups in total. The highest BCUT2D eigenvalue weighted by Gasteiger charge is 2.32. The van der Waals surface area contributed by atoms with E-state index >= 15 is 0 Å². The fourth-order valence-electron chi connectivity index (χ4n) is 3.33. The van der Waals surface area contributed by atoms with Crippen LogP contribution in [-0.2, 0) is 4.79 Å². The van der Waals surface area contributed by atoms with Crippen molar-refractivity contribution < 1.29 is 4.79 Å². The van der Waals surface area contributed by atoms with E-state index < -0.39 is 0 Å². The minimum atomic E-state index is 0.0862. The molecule has 0 spiro atoms. The molecule has 0 aromatic carbocycles. The molecule has 2 aliphatic rings. The van der Waals surface area contributed by atoms with Gasteiger partial charge < -0.3 is 10.6 Å². The van der Waals surface area contributed by atoms with Crippen LogP contribution in [0.4, 0.5) is 0 Å². The first kappa shape index (κ1) is 13.8. The van der Waals surface area contributed by atoms with Crippen LogP contribution in [-0.4, -0.2) is 49.6 Å². The van der Waals surface area contributed by atoms with Crippen molar-refractivity contribution in [2.45, 2.75) is 57.0 Å². The first-order valence-electron chi connectivity index (χ1n) is 7.51. The summed E-state index contributed by atoms with van der Waals surface area (Å²) in [5.41, 5.74) is 0. The van der Waals surface area contributed by atoms with Gasteiger partial charge in [0, 0.05) is 19.1 Å². The number of hydrogen-bond donors (Lipinski definition) is 2. The van der Waals surface area contributed by atoms with Crippen LogP contribution in [0.3, 0.4) is 0 Å². The summed E-state index contributed by atoms with van der Waals surface area (Å²) in [6, 6.07) is 0.729. The molecule has 0 aromatic heterocycles. The SMILES string of the molecule is CNCCC1C(=O)NCCCN1C1CCCCC1. The third-order valence-corrected chi connectivity index (χ3v) is 4.31. The van der Waals surface area contributed by atoms with Crippen molar-refractivity contribution >= 4 is 5.91 Å². The lowest BCUT2D eigenvalue weighted by molar-refractivity contribution is -0.126. The molecule has 1 aliphatic carbocycles. The highest BCUT2D eigenvalue weighted by Crippen LogP contribution is 2.26. The molecule has 4 nitrogen and oxygen atoms in total. The molecule has 1 saturated heterocycles. The third kappa shape index (κ3) is 3.45. The highest BCUT2D eigenvalue weighted by atomic mass is 16.2. The average molecular weight is 253 g/mol. The van der Waals surface area contributed by atoms with Gasteiger partial charge in [0.25, 0.3) is 0 Å². The lowest BCUT2D eigenvalue weighted by atomic mass is 9.92. The van der Waals surface area contributed by atoms with Gasteiger partial charge in [-0.1, -0.05) is 19.3 Å². The van der Waals surface area contributed by atoms with Crippen LogP contribution >= 0.6 is 0 Å². The Morgan fingerprint density at radius 1 is 1.28 bits per heavy atom. The molecule has 1 amide bonds. The molecule has 1 saturated carbocycles. The summed E-state index contributed by atoms with van der Waals surface area (Å²) in [5.74, 6) is 0.244. The van der Waals surface area contributed by atoms with Crippen LogP contribution in [0.1, 0.15) is 44.9 Å². The van der Waals surface area contributed by atoms with Gasteiger partial charge in [-0.3, -0.25) is 9.69 Å². The van der Waals surface area contributed by atoms with Gasteiger partial charge in [0.15, 0.2) is 0 Å². The number of nitrogens with one attached hydrogen (secondary N) is 2. The van der Waals surface area contributed by atoms with Crippen LogP contribution < -0.4 is 10.6 Å². The molecule has 1 aliphatic heterocycles. The normalized spacial score (nSPS) is 27.8. The predicted octanol–water partition coefficient (Wildman–Crippen LogP) is 1.12. The van der Waals surface area contributed by atoms with E-state index in [1.807, 2.05) is 7.05 Å². The largest absolute Gasteiger partial charge is 0.355 e. The number of hydrogen-bond acceptors (Lipinski definition) is 3. The summed E-state index contributed by atoms with van der Waals surface area (Å²) in [6.07, 6.45) is 8.63. The monoisotopic (exact) mass is 253 g/mol. The van der Waals surface area contributed by atoms with Crippen molar-refractivity contribution in [3.8, 4) is 0 Å². The number of nitrogens with zero attached hydrogens (tertiary/aromatic N) is 1. The molecule has 4 heteroatoms. The maximum atomic E-state index is 12.2. The molecule has 0 aromatic rings. The summed E-state index contributed by atoms with van der Waals surface area (Å²) in [6.45, 7) is 2.84. The number of amides is 1. The van der Waals surface area contributed by atoms with E-state index in [0.29, 0.717) is 6.04 Å². The van der Waals surface area contributed by atoms with Gasteiger partial charge in [0.05, 0.1) is 6.04 Å². The van der Waals surface area contributed by atoms with Crippen molar-refractivity contribution in [3.63, 3.8) is 0 Å². The molecule has 1 unspecified atom stereocenters. The zero-order chi connectivity index (χ0) is 12.8. The zero-order valence-corrected chi connectivity index (χ0v) is 11.6. The minimum Gasteiger partial charge on any atom is -0.355 e. The fraction of sp³-hybridized carbons (Fsp3) is 0.929. The Kier molecular flexibility index (Phi) is 5.45. The molecule has 104 valence electrons. The van der Waals surface area contributed by atoms with E-state index in [1.165, 1.54) is 32.1 Å². The summed E-state index contributed by atoms with van der Waals surface area (Å²) in [5, 5.41) is 6.24. The summed E-state index contributed by atoms with van der Waals surface area (Å²) in [7, 11) is 1.96. The number of carbonyl (C=O) groups excluding carboxylic acids is 1. The number of rotatable bonds is 4. The highest BCUT2D eigenvalue weighted by molar-refractivity contribution is 5.82. The smallest absolute Gasteiger partial charge is 0.237 e. The summed E-state index contributed by atoms with van der Waals surface area (Å²) in [4.78, 5) is 14.7. The van der Waals surface area contributed by atoms with Crippen molar-refractivity contribution in [2.75, 3.05) is 26.7 Å². The van der Waals surface area contributed by atoms with E-state index in [0.717, 1.165) is 32.5 Å². The van der Waals surface area contributed by atoms with Gasteiger partial charge in [-0.05, 0) is 39.3 Å². The van der Waals surface area contributed by atoms with E-state index in [4.69, 9.17) is 0 Å². The van der Waals surface area contributed by atoms with Crippen molar-refractivity contribution in [1.82, 2.24) is 15.5 Å². The molecule has 1 heterocycles. The Morgan fingerprint density at radius 3 is 2.78 bits per heavy atom. The van der Waals surface area contributed by atoms with Crippen molar-refractivity contribution in [3.05, 3.63) is 0 Å². The van der Waals surface area contributed by atoms with Crippen LogP contribution in [0.15, 0.2) is 0 Å². The van der Waals surface area contributed by atoms with Crippen molar-refractivity contribution in [2.24, 2.45) is 0 Å². The molecule has 18 heavy (non-hydrogen) atoms. The third-order valence-electron chi connectivity index (χ3n) is 4.31. The molecule has 2 rings (SSSR count). The van der Waals surface area contributed by atoms with E-state index in [-0.39, 0.29) is 11.9 Å². The second kappa shape index (κ2) is 7.10. The fourth-order valence-corrected chi connectivity index (χ4v) is 3.33. The second-order valence-corrected chi connectivity index (χ2v) is 5.58. The molecule has 0 radical (unpaired) electrons. The first-order chi connectivity index (χ1) is 8.83. The summed E-state index contributed by atoms with van der Waals surface area (Å²) < 4.78 is 0. The molecule has 2 fully saturated rings. The second-order valence-electron chi connectivity index (χ2n) is 5.58. The quantitative estimate of drug-likeness (QED) is 0.789. The van der Waals surface area contributed by atoms with Gasteiger partial charge in [-0.15, -0.1) is 0 Å². The topological polar surface area (TPSA) is 44.4 Å². The standard InChI is InChI=1S/C14H27N3O/c1-15-10-8-13-14(18)16-9-5-11-17(13)12-6-3-2-4-7-12/h12-13,15H,2-11H2,1H3,(H,16,18). The predicted molar refractivity (Wildman–Crippen MR) is 73.5 cm³/mol. The molecular weight excluding hydrogens is 226 g/mol. The van der Waals surface area contributed by atoms with Gasteiger partial charge in [-0.25, -0.2) is 0 Å². The Bertz CT molecular complexity index is 264. The Labute approximate surface area is 110 Å². The maximum Gasteiger partial charge on any atom is 0.237 e. The van der Waals surface area contributed by atoms with Gasteiger partial charge in [0.2, 0.25) is 5.91 Å². The minimum absolute atomic E-state index is 0.0862. The van der Waals surface area contributed by atoms with Crippen LogP contribution in [0.5, 0.6) is 0 Å². The average Bonchev–Trinajstić information content (AvgIpc) is 2.59. The van der Waals surface area contributed by atoms with Gasteiger partial charge in [0.1, 0.15) is 0 Å². The molecule has 1 atom stereocenters. The zero-order valence-electron chi connectivity index (χ0n) is 11.6. The first-order valence-corrected chi connectivity index (χ1v) is 7.51. The van der Waals surface area contributed by atoms with Gasteiger partial charge in [-0.2, -0.15) is 0 Å². The van der Waals surface area contributed by atoms with E-state index in [2.05, 4.69) is 15.5 Å². The Hall–Kier alpha value is -0.610. The Morgan fingerprint density at radius 2 is 2.06 bits per heavy atom.